The van der Waals surface area contributed by atoms with Crippen LogP contribution in [0, 0.1) is 17.8 Å². The van der Waals surface area contributed by atoms with Crippen molar-refractivity contribution in [3.05, 3.63) is 36.7 Å². The first-order valence-corrected chi connectivity index (χ1v) is 7.09. The molecule has 0 spiro atoms. The zero-order valence-corrected chi connectivity index (χ0v) is 12.8. The molecule has 0 heterocycles. The third-order valence-electron chi connectivity index (χ3n) is 4.10. The molecule has 3 unspecified atom stereocenters. The second kappa shape index (κ2) is 6.69. The summed E-state index contributed by atoms with van der Waals surface area (Å²) in [4.78, 5) is 0. The Labute approximate surface area is 130 Å². The van der Waals surface area contributed by atoms with Crippen LogP contribution < -0.4 is 0 Å². The van der Waals surface area contributed by atoms with E-state index in [1.165, 1.54) is 12.2 Å². The summed E-state index contributed by atoms with van der Waals surface area (Å²) in [5.74, 6) is -19.4. The van der Waals surface area contributed by atoms with Gasteiger partial charge in [0.15, 0.2) is 0 Å². The van der Waals surface area contributed by atoms with E-state index in [0.29, 0.717) is 5.57 Å². The van der Waals surface area contributed by atoms with Gasteiger partial charge in [-0.05, 0) is 38.5 Å². The van der Waals surface area contributed by atoms with E-state index >= 15 is 0 Å². The quantitative estimate of drug-likeness (QED) is 0.399. The molecule has 0 N–H and O–H groups in total. The fourth-order valence-corrected chi connectivity index (χ4v) is 2.97. The van der Waals surface area contributed by atoms with Gasteiger partial charge in [0.25, 0.3) is 0 Å². The number of allylic oxidation sites excluding steroid dienone is 4. The fourth-order valence-electron chi connectivity index (χ4n) is 2.97. The van der Waals surface area contributed by atoms with E-state index in [0.717, 1.165) is 0 Å². The molecule has 0 nitrogen and oxygen atoms in total. The number of halogens is 7. The Hall–Kier alpha value is -1.27. The van der Waals surface area contributed by atoms with Crippen LogP contribution >= 0.6 is 0 Å². The van der Waals surface area contributed by atoms with E-state index in [9.17, 15) is 30.7 Å². The third kappa shape index (κ3) is 3.63. The van der Waals surface area contributed by atoms with Gasteiger partial charge in [0.05, 0.1) is 6.33 Å². The van der Waals surface area contributed by atoms with Crippen molar-refractivity contribution in [2.45, 2.75) is 44.5 Å². The van der Waals surface area contributed by atoms with Gasteiger partial charge in [0.1, 0.15) is 0 Å². The van der Waals surface area contributed by atoms with E-state index in [4.69, 9.17) is 0 Å². The largest absolute Gasteiger partial charge is 0.376 e. The molecule has 0 aliphatic heterocycles. The topological polar surface area (TPSA) is 0 Å². The second-order valence-electron chi connectivity index (χ2n) is 6.09. The maximum absolute atomic E-state index is 14.3. The standard InChI is InChI=1S/C16H19F7/c1-4-11-8-12(7-10(2)3)13(9-11)15(20,21)16(22,23)14(18,19)5-6-17/h4-7,11-13H,1,8-9H2,2-3H3/b6-5-. The minimum absolute atomic E-state index is 0.134. The minimum Gasteiger partial charge on any atom is -0.216 e. The van der Waals surface area contributed by atoms with Gasteiger partial charge >= 0.3 is 17.8 Å². The zero-order valence-electron chi connectivity index (χ0n) is 12.8. The lowest BCUT2D eigenvalue weighted by molar-refractivity contribution is -0.311. The molecule has 0 radical (unpaired) electrons. The number of alkyl halides is 6. The first-order chi connectivity index (χ1) is 10.4. The Kier molecular flexibility index (Phi) is 5.75. The summed E-state index contributed by atoms with van der Waals surface area (Å²) < 4.78 is 94.7. The maximum Gasteiger partial charge on any atom is 0.376 e. The summed E-state index contributed by atoms with van der Waals surface area (Å²) >= 11 is 0. The maximum atomic E-state index is 14.3. The lowest BCUT2D eigenvalue weighted by Gasteiger charge is -2.36. The average molecular weight is 344 g/mol. The van der Waals surface area contributed by atoms with Gasteiger partial charge in [0, 0.05) is 12.0 Å². The second-order valence-corrected chi connectivity index (χ2v) is 6.09. The Balaban J connectivity index is 3.27. The lowest BCUT2D eigenvalue weighted by atomic mass is 9.83. The molecule has 132 valence electrons. The number of rotatable bonds is 6. The lowest BCUT2D eigenvalue weighted by Crippen LogP contribution is -2.57. The van der Waals surface area contributed by atoms with E-state index in [1.807, 2.05) is 0 Å². The summed E-state index contributed by atoms with van der Waals surface area (Å²) in [5.41, 5.74) is 0.624. The van der Waals surface area contributed by atoms with Gasteiger partial charge in [-0.2, -0.15) is 26.3 Å². The Morgan fingerprint density at radius 1 is 1.04 bits per heavy atom. The van der Waals surface area contributed by atoms with Crippen LogP contribution in [-0.4, -0.2) is 17.8 Å². The molecule has 0 aromatic carbocycles. The normalized spacial score (nSPS) is 26.6. The highest BCUT2D eigenvalue weighted by atomic mass is 19.3. The van der Waals surface area contributed by atoms with Crippen LogP contribution in [0.4, 0.5) is 30.7 Å². The van der Waals surface area contributed by atoms with Crippen molar-refractivity contribution in [3.8, 4) is 0 Å². The van der Waals surface area contributed by atoms with E-state index in [2.05, 4.69) is 6.58 Å². The Morgan fingerprint density at radius 2 is 1.61 bits per heavy atom. The molecule has 1 aliphatic carbocycles. The third-order valence-corrected chi connectivity index (χ3v) is 4.10. The number of hydrogen-bond donors (Lipinski definition) is 0. The van der Waals surface area contributed by atoms with Crippen molar-refractivity contribution < 1.29 is 30.7 Å². The van der Waals surface area contributed by atoms with Gasteiger partial charge in [0.2, 0.25) is 0 Å². The molecular formula is C16H19F7. The highest BCUT2D eigenvalue weighted by Crippen LogP contribution is 2.56. The summed E-state index contributed by atoms with van der Waals surface area (Å²) in [6.45, 7) is 6.66. The first kappa shape index (κ1) is 19.8. The summed E-state index contributed by atoms with van der Waals surface area (Å²) in [7, 11) is 0. The predicted molar refractivity (Wildman–Crippen MR) is 74.4 cm³/mol. The highest BCUT2D eigenvalue weighted by molar-refractivity contribution is 5.14. The summed E-state index contributed by atoms with van der Waals surface area (Å²) in [6.07, 6.45) is 0.821. The molecule has 1 aliphatic rings. The van der Waals surface area contributed by atoms with Crippen LogP contribution in [0.2, 0.25) is 0 Å². The van der Waals surface area contributed by atoms with Crippen LogP contribution in [0.1, 0.15) is 26.7 Å². The molecule has 23 heavy (non-hydrogen) atoms. The molecular weight excluding hydrogens is 325 g/mol. The van der Waals surface area contributed by atoms with Gasteiger partial charge in [-0.1, -0.05) is 17.7 Å². The van der Waals surface area contributed by atoms with Gasteiger partial charge in [-0.15, -0.1) is 6.58 Å². The van der Waals surface area contributed by atoms with E-state index in [1.54, 1.807) is 13.8 Å². The van der Waals surface area contributed by atoms with Crippen LogP contribution in [0.25, 0.3) is 0 Å². The average Bonchev–Trinajstić information content (AvgIpc) is 2.81. The van der Waals surface area contributed by atoms with Crippen molar-refractivity contribution in [2.75, 3.05) is 0 Å². The SMILES string of the molecule is C=CC1CC(C=C(C)C)C(C(F)(F)C(F)(F)C(F)(F)/C=C\F)C1. The van der Waals surface area contributed by atoms with Crippen molar-refractivity contribution >= 4 is 0 Å². The van der Waals surface area contributed by atoms with E-state index in [-0.39, 0.29) is 12.8 Å². The van der Waals surface area contributed by atoms with Crippen molar-refractivity contribution in [2.24, 2.45) is 17.8 Å². The van der Waals surface area contributed by atoms with Crippen LogP contribution in [0.5, 0.6) is 0 Å². The van der Waals surface area contributed by atoms with Crippen molar-refractivity contribution in [1.29, 1.82) is 0 Å². The highest BCUT2D eigenvalue weighted by Gasteiger charge is 2.74. The van der Waals surface area contributed by atoms with Gasteiger partial charge in [-0.25, -0.2) is 4.39 Å². The Morgan fingerprint density at radius 3 is 2.04 bits per heavy atom. The molecule has 1 fully saturated rings. The van der Waals surface area contributed by atoms with Gasteiger partial charge < -0.3 is 0 Å². The Bertz CT molecular complexity index is 487. The molecule has 0 saturated heterocycles. The monoisotopic (exact) mass is 344 g/mol. The number of hydrogen-bond acceptors (Lipinski definition) is 0. The molecule has 3 atom stereocenters. The molecule has 1 saturated carbocycles. The first-order valence-electron chi connectivity index (χ1n) is 7.09. The van der Waals surface area contributed by atoms with Crippen LogP contribution in [-0.2, 0) is 0 Å². The molecule has 0 aromatic heterocycles. The fraction of sp³-hybridized carbons (Fsp3) is 0.625. The van der Waals surface area contributed by atoms with Crippen molar-refractivity contribution in [1.82, 2.24) is 0 Å². The van der Waals surface area contributed by atoms with Gasteiger partial charge in [-0.3, -0.25) is 0 Å². The predicted octanol–water partition coefficient (Wildman–Crippen LogP) is 6.17. The van der Waals surface area contributed by atoms with Crippen LogP contribution in [0.15, 0.2) is 36.7 Å². The molecule has 7 heteroatoms. The smallest absolute Gasteiger partial charge is 0.216 e. The van der Waals surface area contributed by atoms with E-state index < -0.39 is 47.9 Å². The van der Waals surface area contributed by atoms with Crippen LogP contribution in [0.3, 0.4) is 0 Å². The molecule has 0 aromatic rings. The molecule has 0 bridgehead atoms. The molecule has 1 rings (SSSR count). The zero-order chi connectivity index (χ0) is 18.1. The van der Waals surface area contributed by atoms with Crippen molar-refractivity contribution in [3.63, 3.8) is 0 Å². The summed E-state index contributed by atoms with van der Waals surface area (Å²) in [5, 5.41) is 0. The minimum atomic E-state index is -5.70. The molecule has 0 amide bonds. The summed E-state index contributed by atoms with van der Waals surface area (Å²) in [6, 6.07) is 0.